The molecule has 80 valence electrons. The number of nitrogens with one attached hydrogen (secondary N) is 1. The van der Waals surface area contributed by atoms with E-state index in [0.717, 1.165) is 31.9 Å². The molecule has 0 aliphatic carbocycles. The molecule has 3 nitrogen and oxygen atoms in total. The van der Waals surface area contributed by atoms with E-state index in [4.69, 9.17) is 9.15 Å². The fraction of sp³-hybridized carbons (Fsp3) is 0.636. The van der Waals surface area contributed by atoms with Crippen LogP contribution in [0.2, 0.25) is 0 Å². The Bertz CT molecular complexity index is 221. The minimum Gasteiger partial charge on any atom is -0.468 e. The van der Waals surface area contributed by atoms with E-state index in [9.17, 15) is 0 Å². The zero-order chi connectivity index (χ0) is 10.2. The van der Waals surface area contributed by atoms with Gasteiger partial charge in [-0.25, -0.2) is 0 Å². The summed E-state index contributed by atoms with van der Waals surface area (Å²) in [6, 6.07) is 3.86. The molecule has 14 heavy (non-hydrogen) atoms. The number of hydrogen-bond donors (Lipinski definition) is 1. The van der Waals surface area contributed by atoms with Crippen LogP contribution in [0.15, 0.2) is 22.8 Å². The third-order valence-electron chi connectivity index (χ3n) is 1.92. The van der Waals surface area contributed by atoms with Crippen molar-refractivity contribution in [2.75, 3.05) is 13.2 Å². The largest absolute Gasteiger partial charge is 0.468 e. The highest BCUT2D eigenvalue weighted by atomic mass is 16.5. The quantitative estimate of drug-likeness (QED) is 0.727. The van der Waals surface area contributed by atoms with E-state index in [1.165, 1.54) is 0 Å². The Morgan fingerprint density at radius 1 is 1.57 bits per heavy atom. The third-order valence-corrected chi connectivity index (χ3v) is 1.92. The highest BCUT2D eigenvalue weighted by Gasteiger charge is 2.01. The third kappa shape index (κ3) is 4.44. The average molecular weight is 197 g/mol. The Morgan fingerprint density at radius 2 is 2.43 bits per heavy atom. The normalized spacial score (nSPS) is 13.0. The van der Waals surface area contributed by atoms with Crippen LogP contribution in [0.5, 0.6) is 0 Å². The lowest BCUT2D eigenvalue weighted by molar-refractivity contribution is 0.0659. The second kappa shape index (κ2) is 6.62. The molecule has 0 amide bonds. The van der Waals surface area contributed by atoms with Crippen molar-refractivity contribution in [1.29, 1.82) is 0 Å². The van der Waals surface area contributed by atoms with Crippen LogP contribution in [0.4, 0.5) is 0 Å². The maximum atomic E-state index is 5.52. The average Bonchev–Trinajstić information content (AvgIpc) is 2.67. The second-order valence-electron chi connectivity index (χ2n) is 3.39. The molecule has 0 radical (unpaired) electrons. The molecule has 1 atom stereocenters. The van der Waals surface area contributed by atoms with Crippen LogP contribution < -0.4 is 5.32 Å². The summed E-state index contributed by atoms with van der Waals surface area (Å²) in [5.74, 6) is 0.965. The standard InChI is InChI=1S/C11H19NO2/c1-3-6-13-10(2)8-12-9-11-5-4-7-14-11/h4-5,7,10,12H,3,6,8-9H2,1-2H3. The van der Waals surface area contributed by atoms with Gasteiger partial charge in [0.2, 0.25) is 0 Å². The number of ether oxygens (including phenoxy) is 1. The molecule has 0 fully saturated rings. The van der Waals surface area contributed by atoms with Gasteiger partial charge in [0.1, 0.15) is 5.76 Å². The first-order valence-electron chi connectivity index (χ1n) is 5.17. The van der Waals surface area contributed by atoms with Crippen LogP contribution in [-0.2, 0) is 11.3 Å². The topological polar surface area (TPSA) is 34.4 Å². The van der Waals surface area contributed by atoms with E-state index in [1.807, 2.05) is 12.1 Å². The van der Waals surface area contributed by atoms with E-state index in [1.54, 1.807) is 6.26 Å². The minimum absolute atomic E-state index is 0.268. The minimum atomic E-state index is 0.268. The summed E-state index contributed by atoms with van der Waals surface area (Å²) in [7, 11) is 0. The molecule has 0 saturated heterocycles. The van der Waals surface area contributed by atoms with Crippen LogP contribution in [0.25, 0.3) is 0 Å². The zero-order valence-electron chi connectivity index (χ0n) is 8.95. The molecular weight excluding hydrogens is 178 g/mol. The molecule has 3 heteroatoms. The Morgan fingerprint density at radius 3 is 3.07 bits per heavy atom. The predicted octanol–water partition coefficient (Wildman–Crippen LogP) is 2.18. The summed E-state index contributed by atoms with van der Waals surface area (Å²) in [5, 5.41) is 3.28. The van der Waals surface area contributed by atoms with E-state index in [-0.39, 0.29) is 6.10 Å². The molecule has 1 heterocycles. The summed E-state index contributed by atoms with van der Waals surface area (Å²) in [5.41, 5.74) is 0. The lowest BCUT2D eigenvalue weighted by Gasteiger charge is -2.12. The SMILES string of the molecule is CCCOC(C)CNCc1ccco1. The van der Waals surface area contributed by atoms with Crippen molar-refractivity contribution >= 4 is 0 Å². The van der Waals surface area contributed by atoms with Crippen molar-refractivity contribution in [1.82, 2.24) is 5.32 Å². The molecule has 1 aromatic heterocycles. The monoisotopic (exact) mass is 197 g/mol. The maximum absolute atomic E-state index is 5.52. The lowest BCUT2D eigenvalue weighted by Crippen LogP contribution is -2.26. The summed E-state index contributed by atoms with van der Waals surface area (Å²) < 4.78 is 10.7. The van der Waals surface area contributed by atoms with Crippen LogP contribution >= 0.6 is 0 Å². The molecule has 0 spiro atoms. The first kappa shape index (κ1) is 11.3. The summed E-state index contributed by atoms with van der Waals surface area (Å²) in [4.78, 5) is 0. The second-order valence-corrected chi connectivity index (χ2v) is 3.39. The van der Waals surface area contributed by atoms with Crippen molar-refractivity contribution < 1.29 is 9.15 Å². The maximum Gasteiger partial charge on any atom is 0.117 e. The van der Waals surface area contributed by atoms with E-state index in [2.05, 4.69) is 19.2 Å². The van der Waals surface area contributed by atoms with Crippen molar-refractivity contribution in [2.24, 2.45) is 0 Å². The van der Waals surface area contributed by atoms with Gasteiger partial charge in [-0.3, -0.25) is 0 Å². The van der Waals surface area contributed by atoms with Crippen molar-refractivity contribution in [2.45, 2.75) is 32.9 Å². The van der Waals surface area contributed by atoms with Gasteiger partial charge in [-0.2, -0.15) is 0 Å². The summed E-state index contributed by atoms with van der Waals surface area (Å²) in [6.07, 6.45) is 3.03. The van der Waals surface area contributed by atoms with Gasteiger partial charge < -0.3 is 14.5 Å². The number of furan rings is 1. The molecule has 0 bridgehead atoms. The highest BCUT2D eigenvalue weighted by molar-refractivity contribution is 4.97. The lowest BCUT2D eigenvalue weighted by atomic mass is 10.3. The van der Waals surface area contributed by atoms with E-state index in [0.29, 0.717) is 0 Å². The first-order chi connectivity index (χ1) is 6.83. The van der Waals surface area contributed by atoms with Crippen LogP contribution in [0.3, 0.4) is 0 Å². The van der Waals surface area contributed by atoms with Gasteiger partial charge in [0.25, 0.3) is 0 Å². The predicted molar refractivity (Wildman–Crippen MR) is 56.1 cm³/mol. The molecule has 0 saturated carbocycles. The highest BCUT2D eigenvalue weighted by Crippen LogP contribution is 1.99. The molecular formula is C11H19NO2. The van der Waals surface area contributed by atoms with Crippen LogP contribution in [0, 0.1) is 0 Å². The number of rotatable bonds is 7. The van der Waals surface area contributed by atoms with Crippen LogP contribution in [-0.4, -0.2) is 19.3 Å². The van der Waals surface area contributed by atoms with Gasteiger partial charge in [0.05, 0.1) is 18.9 Å². The zero-order valence-corrected chi connectivity index (χ0v) is 8.95. The van der Waals surface area contributed by atoms with Gasteiger partial charge >= 0.3 is 0 Å². The van der Waals surface area contributed by atoms with Crippen molar-refractivity contribution in [3.8, 4) is 0 Å². The smallest absolute Gasteiger partial charge is 0.117 e. The molecule has 1 N–H and O–H groups in total. The van der Waals surface area contributed by atoms with E-state index >= 15 is 0 Å². The van der Waals surface area contributed by atoms with Gasteiger partial charge in [-0.05, 0) is 25.5 Å². The Hall–Kier alpha value is -0.800. The van der Waals surface area contributed by atoms with Crippen molar-refractivity contribution in [3.05, 3.63) is 24.2 Å². The number of hydrogen-bond acceptors (Lipinski definition) is 3. The molecule has 1 aromatic rings. The molecule has 1 rings (SSSR count). The van der Waals surface area contributed by atoms with Gasteiger partial charge in [-0.15, -0.1) is 0 Å². The van der Waals surface area contributed by atoms with Crippen LogP contribution in [0.1, 0.15) is 26.0 Å². The Kier molecular flexibility index (Phi) is 5.33. The Labute approximate surface area is 85.4 Å². The fourth-order valence-electron chi connectivity index (χ4n) is 1.19. The van der Waals surface area contributed by atoms with E-state index < -0.39 is 0 Å². The fourth-order valence-corrected chi connectivity index (χ4v) is 1.19. The first-order valence-corrected chi connectivity index (χ1v) is 5.17. The van der Waals surface area contributed by atoms with Gasteiger partial charge in [-0.1, -0.05) is 6.92 Å². The van der Waals surface area contributed by atoms with Gasteiger partial charge in [0.15, 0.2) is 0 Å². The Balaban J connectivity index is 2.03. The summed E-state index contributed by atoms with van der Waals surface area (Å²) >= 11 is 0. The van der Waals surface area contributed by atoms with Crippen molar-refractivity contribution in [3.63, 3.8) is 0 Å². The summed E-state index contributed by atoms with van der Waals surface area (Å²) in [6.45, 7) is 6.66. The molecule has 0 aliphatic rings. The molecule has 0 aliphatic heterocycles. The van der Waals surface area contributed by atoms with Gasteiger partial charge in [0, 0.05) is 13.2 Å². The molecule has 0 aromatic carbocycles. The molecule has 1 unspecified atom stereocenters.